The number of carbonyl (C=O) groups is 1. The summed E-state index contributed by atoms with van der Waals surface area (Å²) in [5.74, 6) is 0.399. The van der Waals surface area contributed by atoms with Crippen molar-refractivity contribution >= 4 is 17.3 Å². The van der Waals surface area contributed by atoms with Gasteiger partial charge in [0.1, 0.15) is 0 Å². The lowest BCUT2D eigenvalue weighted by Gasteiger charge is -2.33. The third-order valence-corrected chi connectivity index (χ3v) is 3.67. The predicted molar refractivity (Wildman–Crippen MR) is 79.1 cm³/mol. The lowest BCUT2D eigenvalue weighted by Crippen LogP contribution is -2.40. The lowest BCUT2D eigenvalue weighted by molar-refractivity contribution is -0.125. The first kappa shape index (κ1) is 13.7. The van der Waals surface area contributed by atoms with Gasteiger partial charge in [0.25, 0.3) is 0 Å². The molecule has 3 N–H and O–H groups in total. The molecule has 104 valence electrons. The first-order chi connectivity index (χ1) is 9.20. The maximum atomic E-state index is 11.9. The van der Waals surface area contributed by atoms with E-state index in [1.807, 2.05) is 24.3 Å². The molecular formula is C15H23N3O. The molecule has 2 rings (SSSR count). The third-order valence-electron chi connectivity index (χ3n) is 3.67. The van der Waals surface area contributed by atoms with Crippen molar-refractivity contribution in [3.8, 4) is 0 Å². The molecule has 4 heteroatoms. The SMILES string of the molecule is CCCNC(=O)C1CCN(c2ccc(N)cc2)CC1. The van der Waals surface area contributed by atoms with Crippen molar-refractivity contribution in [3.63, 3.8) is 0 Å². The van der Waals surface area contributed by atoms with Gasteiger partial charge in [0.15, 0.2) is 0 Å². The van der Waals surface area contributed by atoms with E-state index in [-0.39, 0.29) is 11.8 Å². The second-order valence-corrected chi connectivity index (χ2v) is 5.14. The zero-order valence-corrected chi connectivity index (χ0v) is 11.6. The van der Waals surface area contributed by atoms with Gasteiger partial charge in [0, 0.05) is 36.9 Å². The maximum Gasteiger partial charge on any atom is 0.223 e. The van der Waals surface area contributed by atoms with Crippen molar-refractivity contribution in [1.29, 1.82) is 0 Å². The van der Waals surface area contributed by atoms with Crippen LogP contribution < -0.4 is 16.0 Å². The number of rotatable bonds is 4. The smallest absolute Gasteiger partial charge is 0.223 e. The summed E-state index contributed by atoms with van der Waals surface area (Å²) in [4.78, 5) is 14.2. The number of nitrogens with one attached hydrogen (secondary N) is 1. The van der Waals surface area contributed by atoms with E-state index in [0.717, 1.165) is 44.6 Å². The topological polar surface area (TPSA) is 58.4 Å². The van der Waals surface area contributed by atoms with Gasteiger partial charge in [0.2, 0.25) is 5.91 Å². The zero-order valence-electron chi connectivity index (χ0n) is 11.6. The molecule has 0 spiro atoms. The number of nitrogens with zero attached hydrogens (tertiary/aromatic N) is 1. The number of carbonyl (C=O) groups excluding carboxylic acids is 1. The van der Waals surface area contributed by atoms with E-state index in [1.54, 1.807) is 0 Å². The first-order valence-electron chi connectivity index (χ1n) is 7.09. The Labute approximate surface area is 115 Å². The van der Waals surface area contributed by atoms with Crippen LogP contribution >= 0.6 is 0 Å². The van der Waals surface area contributed by atoms with Crippen LogP contribution in [0.3, 0.4) is 0 Å². The molecule has 1 fully saturated rings. The van der Waals surface area contributed by atoms with Gasteiger partial charge in [-0.05, 0) is 43.5 Å². The van der Waals surface area contributed by atoms with Gasteiger partial charge in [-0.3, -0.25) is 4.79 Å². The Morgan fingerprint density at radius 2 is 1.95 bits per heavy atom. The monoisotopic (exact) mass is 261 g/mol. The van der Waals surface area contributed by atoms with Crippen LogP contribution in [0.15, 0.2) is 24.3 Å². The molecule has 1 amide bonds. The predicted octanol–water partition coefficient (Wildman–Crippen LogP) is 2.01. The van der Waals surface area contributed by atoms with Gasteiger partial charge >= 0.3 is 0 Å². The normalized spacial score (nSPS) is 16.4. The van der Waals surface area contributed by atoms with Gasteiger partial charge in [-0.25, -0.2) is 0 Å². The minimum Gasteiger partial charge on any atom is -0.399 e. The summed E-state index contributed by atoms with van der Waals surface area (Å²) < 4.78 is 0. The summed E-state index contributed by atoms with van der Waals surface area (Å²) in [5.41, 5.74) is 7.68. The van der Waals surface area contributed by atoms with Crippen molar-refractivity contribution in [1.82, 2.24) is 5.32 Å². The highest BCUT2D eigenvalue weighted by atomic mass is 16.1. The number of piperidine rings is 1. The average Bonchev–Trinajstić information content (AvgIpc) is 2.46. The van der Waals surface area contributed by atoms with E-state index in [4.69, 9.17) is 5.73 Å². The highest BCUT2D eigenvalue weighted by Gasteiger charge is 2.24. The first-order valence-corrected chi connectivity index (χ1v) is 7.09. The van der Waals surface area contributed by atoms with Crippen LogP contribution in [0.2, 0.25) is 0 Å². The van der Waals surface area contributed by atoms with Crippen molar-refractivity contribution in [2.75, 3.05) is 30.3 Å². The average molecular weight is 261 g/mol. The van der Waals surface area contributed by atoms with Gasteiger partial charge in [0.05, 0.1) is 0 Å². The zero-order chi connectivity index (χ0) is 13.7. The van der Waals surface area contributed by atoms with Crippen LogP contribution in [0, 0.1) is 5.92 Å². The fourth-order valence-electron chi connectivity index (χ4n) is 2.48. The lowest BCUT2D eigenvalue weighted by atomic mass is 9.95. The van der Waals surface area contributed by atoms with E-state index >= 15 is 0 Å². The fraction of sp³-hybridized carbons (Fsp3) is 0.533. The molecule has 19 heavy (non-hydrogen) atoms. The number of anilines is 2. The highest BCUT2D eigenvalue weighted by molar-refractivity contribution is 5.79. The molecule has 0 saturated carbocycles. The van der Waals surface area contributed by atoms with Gasteiger partial charge in [-0.15, -0.1) is 0 Å². The van der Waals surface area contributed by atoms with Gasteiger partial charge in [-0.1, -0.05) is 6.92 Å². The van der Waals surface area contributed by atoms with Crippen molar-refractivity contribution in [3.05, 3.63) is 24.3 Å². The quantitative estimate of drug-likeness (QED) is 0.815. The highest BCUT2D eigenvalue weighted by Crippen LogP contribution is 2.24. The van der Waals surface area contributed by atoms with Crippen LogP contribution in [-0.2, 0) is 4.79 Å². The fourth-order valence-corrected chi connectivity index (χ4v) is 2.48. The largest absolute Gasteiger partial charge is 0.399 e. The van der Waals surface area contributed by atoms with Crippen molar-refractivity contribution < 1.29 is 4.79 Å². The number of nitrogens with two attached hydrogens (primary N) is 1. The molecule has 1 aromatic rings. The van der Waals surface area contributed by atoms with E-state index in [2.05, 4.69) is 17.1 Å². The summed E-state index contributed by atoms with van der Waals surface area (Å²) in [7, 11) is 0. The molecule has 1 aromatic carbocycles. The Bertz CT molecular complexity index is 408. The number of amides is 1. The van der Waals surface area contributed by atoms with Crippen LogP contribution in [-0.4, -0.2) is 25.5 Å². The summed E-state index contributed by atoms with van der Waals surface area (Å²) in [6.07, 6.45) is 2.86. The van der Waals surface area contributed by atoms with Gasteiger partial charge < -0.3 is 16.0 Å². The number of hydrogen-bond donors (Lipinski definition) is 2. The van der Waals surface area contributed by atoms with E-state index in [0.29, 0.717) is 0 Å². The molecule has 1 saturated heterocycles. The molecule has 0 aromatic heterocycles. The second kappa shape index (κ2) is 6.45. The van der Waals surface area contributed by atoms with E-state index in [9.17, 15) is 4.79 Å². The van der Waals surface area contributed by atoms with Crippen LogP contribution in [0.1, 0.15) is 26.2 Å². The summed E-state index contributed by atoms with van der Waals surface area (Å²) >= 11 is 0. The molecule has 4 nitrogen and oxygen atoms in total. The van der Waals surface area contributed by atoms with Gasteiger partial charge in [-0.2, -0.15) is 0 Å². The number of benzene rings is 1. The third kappa shape index (κ3) is 3.63. The van der Waals surface area contributed by atoms with E-state index < -0.39 is 0 Å². The molecule has 1 aliphatic rings. The minimum absolute atomic E-state index is 0.177. The van der Waals surface area contributed by atoms with E-state index in [1.165, 1.54) is 5.69 Å². The Kier molecular flexibility index (Phi) is 4.66. The van der Waals surface area contributed by atoms with Crippen LogP contribution in [0.25, 0.3) is 0 Å². The molecule has 0 radical (unpaired) electrons. The summed E-state index contributed by atoms with van der Waals surface area (Å²) in [6, 6.07) is 7.95. The Morgan fingerprint density at radius 1 is 1.32 bits per heavy atom. The summed E-state index contributed by atoms with van der Waals surface area (Å²) in [5, 5.41) is 2.99. The molecule has 0 bridgehead atoms. The molecule has 0 unspecified atom stereocenters. The molecule has 1 heterocycles. The Balaban J connectivity index is 1.85. The summed E-state index contributed by atoms with van der Waals surface area (Å²) in [6.45, 7) is 4.74. The second-order valence-electron chi connectivity index (χ2n) is 5.14. The van der Waals surface area contributed by atoms with Crippen molar-refractivity contribution in [2.24, 2.45) is 5.92 Å². The number of nitrogen functional groups attached to an aromatic ring is 1. The molecule has 0 atom stereocenters. The van der Waals surface area contributed by atoms with Crippen LogP contribution in [0.4, 0.5) is 11.4 Å². The van der Waals surface area contributed by atoms with Crippen LogP contribution in [0.5, 0.6) is 0 Å². The van der Waals surface area contributed by atoms with Crippen molar-refractivity contribution in [2.45, 2.75) is 26.2 Å². The molecule has 1 aliphatic heterocycles. The minimum atomic E-state index is 0.177. The molecule has 0 aliphatic carbocycles. The number of hydrogen-bond acceptors (Lipinski definition) is 3. The maximum absolute atomic E-state index is 11.9. The Morgan fingerprint density at radius 3 is 2.53 bits per heavy atom. The Hall–Kier alpha value is -1.71. The standard InChI is InChI=1S/C15H23N3O/c1-2-9-17-15(19)12-7-10-18(11-8-12)14-5-3-13(16)4-6-14/h3-6,12H,2,7-11,16H2,1H3,(H,17,19). The molecular weight excluding hydrogens is 238 g/mol.